The van der Waals surface area contributed by atoms with Crippen molar-refractivity contribution in [3.05, 3.63) is 23.9 Å². The summed E-state index contributed by atoms with van der Waals surface area (Å²) in [7, 11) is -0.929. The lowest BCUT2D eigenvalue weighted by Crippen LogP contribution is -2.33. The van der Waals surface area contributed by atoms with Gasteiger partial charge in [-0.15, -0.1) is 0 Å². The molecular weight excluding hydrogens is 208 g/mol. The van der Waals surface area contributed by atoms with Gasteiger partial charge in [0.1, 0.15) is 5.03 Å². The lowest BCUT2D eigenvalue weighted by molar-refractivity contribution is 0.519. The summed E-state index contributed by atoms with van der Waals surface area (Å²) in [6, 6.07) is 3.86. The van der Waals surface area contributed by atoms with E-state index >= 15 is 0 Å². The Balaban J connectivity index is 2.09. The van der Waals surface area contributed by atoms with Crippen molar-refractivity contribution in [3.63, 3.8) is 0 Å². The highest BCUT2D eigenvalue weighted by Crippen LogP contribution is 2.16. The number of hydrogen-bond donors (Lipinski definition) is 1. The fourth-order valence-electron chi connectivity index (χ4n) is 1.75. The van der Waals surface area contributed by atoms with Crippen LogP contribution in [-0.2, 0) is 10.8 Å². The molecule has 0 unspecified atom stereocenters. The van der Waals surface area contributed by atoms with Crippen LogP contribution in [0, 0.1) is 6.92 Å². The molecule has 1 aromatic heterocycles. The Morgan fingerprint density at radius 1 is 1.40 bits per heavy atom. The number of hydrogen-bond acceptors (Lipinski definition) is 3. The quantitative estimate of drug-likeness (QED) is 0.822. The summed E-state index contributed by atoms with van der Waals surface area (Å²) in [6.07, 6.45) is 3.76. The van der Waals surface area contributed by atoms with E-state index in [4.69, 9.17) is 0 Å². The monoisotopic (exact) mass is 224 g/mol. The molecule has 2 heterocycles. The number of nitrogens with one attached hydrogen (secondary N) is 1. The number of rotatable bonds is 2. The zero-order chi connectivity index (χ0) is 10.7. The maximum Gasteiger partial charge on any atom is 0.127 e. The molecule has 1 fully saturated rings. The maximum atomic E-state index is 12.1. The molecule has 1 atom stereocenters. The molecule has 3 nitrogen and oxygen atoms in total. The zero-order valence-electron chi connectivity index (χ0n) is 8.90. The van der Waals surface area contributed by atoms with Gasteiger partial charge in [-0.3, -0.25) is 4.21 Å². The second kappa shape index (κ2) is 4.86. The van der Waals surface area contributed by atoms with E-state index in [1.807, 2.05) is 19.1 Å². The average molecular weight is 224 g/mol. The van der Waals surface area contributed by atoms with Gasteiger partial charge < -0.3 is 5.32 Å². The van der Waals surface area contributed by atoms with Crippen LogP contribution in [-0.4, -0.2) is 27.5 Å². The van der Waals surface area contributed by atoms with Crippen molar-refractivity contribution >= 4 is 10.8 Å². The van der Waals surface area contributed by atoms with Gasteiger partial charge in [0, 0.05) is 11.4 Å². The molecule has 82 valence electrons. The van der Waals surface area contributed by atoms with Gasteiger partial charge in [-0.2, -0.15) is 0 Å². The van der Waals surface area contributed by atoms with Gasteiger partial charge in [0.25, 0.3) is 0 Å². The first-order valence-electron chi connectivity index (χ1n) is 5.31. The normalized spacial score (nSPS) is 20.1. The Morgan fingerprint density at radius 3 is 2.73 bits per heavy atom. The van der Waals surface area contributed by atoms with Gasteiger partial charge in [-0.25, -0.2) is 4.98 Å². The van der Waals surface area contributed by atoms with E-state index in [1.54, 1.807) is 6.20 Å². The van der Waals surface area contributed by atoms with Crippen molar-refractivity contribution in [3.8, 4) is 0 Å². The van der Waals surface area contributed by atoms with Crippen molar-refractivity contribution in [2.45, 2.75) is 30.0 Å². The first-order valence-corrected chi connectivity index (χ1v) is 6.52. The number of pyridine rings is 1. The molecule has 2 rings (SSSR count). The molecule has 1 aliphatic rings. The Morgan fingerprint density at radius 2 is 2.13 bits per heavy atom. The number of nitrogens with zero attached hydrogens (tertiary/aromatic N) is 1. The van der Waals surface area contributed by atoms with Gasteiger partial charge >= 0.3 is 0 Å². The predicted molar refractivity (Wildman–Crippen MR) is 61.3 cm³/mol. The van der Waals surface area contributed by atoms with Crippen LogP contribution in [0.1, 0.15) is 18.4 Å². The van der Waals surface area contributed by atoms with Crippen molar-refractivity contribution in [2.24, 2.45) is 0 Å². The van der Waals surface area contributed by atoms with Crippen LogP contribution in [0.25, 0.3) is 0 Å². The molecule has 4 heteroatoms. The summed E-state index contributed by atoms with van der Waals surface area (Å²) in [5, 5.41) is 4.28. The standard InChI is InChI=1S/C11H16N2OS/c1-9-2-3-11(13-8-9)15(14)10-4-6-12-7-5-10/h2-3,8,10,12H,4-7H2,1H3/t15-/m1/s1. The minimum atomic E-state index is -0.929. The lowest BCUT2D eigenvalue weighted by Gasteiger charge is -2.21. The summed E-state index contributed by atoms with van der Waals surface area (Å²) in [4.78, 5) is 4.23. The molecule has 0 saturated carbocycles. The Hall–Kier alpha value is -0.740. The van der Waals surface area contributed by atoms with E-state index < -0.39 is 10.8 Å². The average Bonchev–Trinajstić information content (AvgIpc) is 2.30. The number of aryl methyl sites for hydroxylation is 1. The predicted octanol–water partition coefficient (Wildman–Crippen LogP) is 1.25. The van der Waals surface area contributed by atoms with E-state index in [2.05, 4.69) is 10.3 Å². The first kappa shape index (κ1) is 10.8. The van der Waals surface area contributed by atoms with Gasteiger partial charge in [0.15, 0.2) is 0 Å². The third kappa shape index (κ3) is 2.63. The van der Waals surface area contributed by atoms with Crippen LogP contribution in [0.5, 0.6) is 0 Å². The zero-order valence-corrected chi connectivity index (χ0v) is 9.72. The number of aromatic nitrogens is 1. The topological polar surface area (TPSA) is 42.0 Å². The van der Waals surface area contributed by atoms with Crippen molar-refractivity contribution in [1.82, 2.24) is 10.3 Å². The molecule has 0 amide bonds. The summed E-state index contributed by atoms with van der Waals surface area (Å²) >= 11 is 0. The van der Waals surface area contributed by atoms with Crippen LogP contribution < -0.4 is 5.32 Å². The second-order valence-electron chi connectivity index (χ2n) is 3.92. The van der Waals surface area contributed by atoms with Crippen molar-refractivity contribution in [2.75, 3.05) is 13.1 Å². The van der Waals surface area contributed by atoms with Gasteiger partial charge in [0.05, 0.1) is 10.8 Å². The van der Waals surface area contributed by atoms with Crippen LogP contribution in [0.3, 0.4) is 0 Å². The molecule has 0 radical (unpaired) electrons. The molecule has 15 heavy (non-hydrogen) atoms. The third-order valence-electron chi connectivity index (χ3n) is 2.68. The Bertz CT molecular complexity index is 344. The van der Waals surface area contributed by atoms with Gasteiger partial charge in [-0.05, 0) is 44.5 Å². The minimum absolute atomic E-state index is 0.279. The molecular formula is C11H16N2OS. The fourth-order valence-corrected chi connectivity index (χ4v) is 3.12. The molecule has 1 aromatic rings. The molecule has 0 spiro atoms. The van der Waals surface area contributed by atoms with Crippen LogP contribution >= 0.6 is 0 Å². The molecule has 0 aromatic carbocycles. The maximum absolute atomic E-state index is 12.1. The SMILES string of the molecule is Cc1ccc([S@](=O)C2CCNCC2)nc1. The Kier molecular flexibility index (Phi) is 3.49. The van der Waals surface area contributed by atoms with Crippen LogP contribution in [0.2, 0.25) is 0 Å². The van der Waals surface area contributed by atoms with E-state index in [-0.39, 0.29) is 5.25 Å². The van der Waals surface area contributed by atoms with Gasteiger partial charge in [0.2, 0.25) is 0 Å². The summed E-state index contributed by atoms with van der Waals surface area (Å²) in [5.41, 5.74) is 1.11. The first-order chi connectivity index (χ1) is 7.27. The van der Waals surface area contributed by atoms with E-state index in [0.29, 0.717) is 0 Å². The molecule has 0 bridgehead atoms. The molecule has 1 saturated heterocycles. The van der Waals surface area contributed by atoms with E-state index in [9.17, 15) is 4.21 Å². The lowest BCUT2D eigenvalue weighted by atomic mass is 10.2. The van der Waals surface area contributed by atoms with Crippen LogP contribution in [0.4, 0.5) is 0 Å². The number of piperidine rings is 1. The minimum Gasteiger partial charge on any atom is -0.317 e. The van der Waals surface area contributed by atoms with E-state index in [1.165, 1.54) is 0 Å². The smallest absolute Gasteiger partial charge is 0.127 e. The molecule has 1 N–H and O–H groups in total. The Labute approximate surface area is 92.8 Å². The van der Waals surface area contributed by atoms with Crippen molar-refractivity contribution < 1.29 is 4.21 Å². The summed E-state index contributed by atoms with van der Waals surface area (Å²) in [6.45, 7) is 3.94. The summed E-state index contributed by atoms with van der Waals surface area (Å²) in [5.74, 6) is 0. The van der Waals surface area contributed by atoms with E-state index in [0.717, 1.165) is 36.5 Å². The second-order valence-corrected chi connectivity index (χ2v) is 5.60. The third-order valence-corrected chi connectivity index (χ3v) is 4.41. The highest BCUT2D eigenvalue weighted by Gasteiger charge is 2.21. The van der Waals surface area contributed by atoms with Crippen LogP contribution in [0.15, 0.2) is 23.4 Å². The molecule has 0 aliphatic carbocycles. The fraction of sp³-hybridized carbons (Fsp3) is 0.545. The summed E-state index contributed by atoms with van der Waals surface area (Å²) < 4.78 is 12.1. The highest BCUT2D eigenvalue weighted by molar-refractivity contribution is 7.85. The van der Waals surface area contributed by atoms with Gasteiger partial charge in [-0.1, -0.05) is 6.07 Å². The largest absolute Gasteiger partial charge is 0.317 e. The van der Waals surface area contributed by atoms with Crippen molar-refractivity contribution in [1.29, 1.82) is 0 Å². The molecule has 1 aliphatic heterocycles. The highest BCUT2D eigenvalue weighted by atomic mass is 32.2.